The summed E-state index contributed by atoms with van der Waals surface area (Å²) < 4.78 is 13.4. The van der Waals surface area contributed by atoms with E-state index in [-0.39, 0.29) is 30.6 Å². The minimum Gasteiger partial charge on any atom is -0.395 e. The maximum atomic E-state index is 13.4. The highest BCUT2D eigenvalue weighted by atomic mass is 19.1. The predicted molar refractivity (Wildman–Crippen MR) is 73.4 cm³/mol. The number of nitrogens with one attached hydrogen (secondary N) is 1. The fraction of sp³-hybridized carbons (Fsp3) is 0.538. The minimum atomic E-state index is -0.527. The molecular formula is C13H18FN3O3. The Bertz CT molecular complexity index is 478. The first kappa shape index (κ1) is 14.7. The van der Waals surface area contributed by atoms with Crippen molar-refractivity contribution in [3.05, 3.63) is 34.1 Å². The second-order valence-electron chi connectivity index (χ2n) is 4.85. The van der Waals surface area contributed by atoms with Crippen molar-refractivity contribution in [1.29, 1.82) is 0 Å². The Morgan fingerprint density at radius 3 is 2.95 bits per heavy atom. The Morgan fingerprint density at radius 2 is 2.35 bits per heavy atom. The average molecular weight is 283 g/mol. The fourth-order valence-corrected chi connectivity index (χ4v) is 2.51. The minimum absolute atomic E-state index is 0.139. The zero-order valence-corrected chi connectivity index (χ0v) is 11.1. The van der Waals surface area contributed by atoms with Gasteiger partial charge < -0.3 is 15.3 Å². The molecular weight excluding hydrogens is 265 g/mol. The molecule has 0 amide bonds. The van der Waals surface area contributed by atoms with E-state index >= 15 is 0 Å². The number of nitrogens with zero attached hydrogens (tertiary/aromatic N) is 2. The van der Waals surface area contributed by atoms with Gasteiger partial charge in [-0.3, -0.25) is 10.1 Å². The van der Waals surface area contributed by atoms with Gasteiger partial charge in [-0.15, -0.1) is 0 Å². The lowest BCUT2D eigenvalue weighted by atomic mass is 10.1. The lowest BCUT2D eigenvalue weighted by Gasteiger charge is -2.26. The molecule has 0 spiro atoms. The molecule has 1 aliphatic rings. The zero-order valence-electron chi connectivity index (χ0n) is 11.1. The van der Waals surface area contributed by atoms with Crippen molar-refractivity contribution < 1.29 is 14.4 Å². The van der Waals surface area contributed by atoms with Gasteiger partial charge in [-0.2, -0.15) is 0 Å². The number of anilines is 1. The topological polar surface area (TPSA) is 78.6 Å². The summed E-state index contributed by atoms with van der Waals surface area (Å²) in [5.41, 5.74) is 0.0793. The molecule has 1 unspecified atom stereocenters. The van der Waals surface area contributed by atoms with Gasteiger partial charge in [0.1, 0.15) is 11.5 Å². The fourth-order valence-electron chi connectivity index (χ4n) is 2.51. The Kier molecular flexibility index (Phi) is 4.86. The molecule has 1 atom stereocenters. The number of hydrogen-bond donors (Lipinski definition) is 2. The lowest BCUT2D eigenvalue weighted by molar-refractivity contribution is -0.384. The standard InChI is InChI=1S/C13H18FN3O3/c14-10-3-4-12(17(19)20)13(8-10)16(6-7-18)9-11-2-1-5-15-11/h3-4,8,11,15,18H,1-2,5-7,9H2. The van der Waals surface area contributed by atoms with E-state index in [4.69, 9.17) is 5.11 Å². The number of aliphatic hydroxyl groups is 1. The van der Waals surface area contributed by atoms with Gasteiger partial charge in [0.05, 0.1) is 11.5 Å². The van der Waals surface area contributed by atoms with Crippen LogP contribution in [-0.4, -0.2) is 42.3 Å². The van der Waals surface area contributed by atoms with Crippen molar-refractivity contribution in [2.45, 2.75) is 18.9 Å². The Hall–Kier alpha value is -1.73. The van der Waals surface area contributed by atoms with Crippen molar-refractivity contribution in [1.82, 2.24) is 5.32 Å². The van der Waals surface area contributed by atoms with E-state index in [0.717, 1.165) is 37.6 Å². The quantitative estimate of drug-likeness (QED) is 0.607. The maximum Gasteiger partial charge on any atom is 0.292 e. The number of hydrogen-bond acceptors (Lipinski definition) is 5. The Morgan fingerprint density at radius 1 is 1.55 bits per heavy atom. The van der Waals surface area contributed by atoms with Crippen LogP contribution in [-0.2, 0) is 0 Å². The van der Waals surface area contributed by atoms with E-state index in [9.17, 15) is 14.5 Å². The van der Waals surface area contributed by atoms with Crippen molar-refractivity contribution in [2.75, 3.05) is 31.1 Å². The monoisotopic (exact) mass is 283 g/mol. The van der Waals surface area contributed by atoms with Gasteiger partial charge in [0.25, 0.3) is 5.69 Å². The van der Waals surface area contributed by atoms with Gasteiger partial charge in [0, 0.05) is 31.3 Å². The second-order valence-corrected chi connectivity index (χ2v) is 4.85. The highest BCUT2D eigenvalue weighted by Gasteiger charge is 2.24. The molecule has 20 heavy (non-hydrogen) atoms. The Balaban J connectivity index is 2.26. The van der Waals surface area contributed by atoms with E-state index in [0.29, 0.717) is 6.54 Å². The molecule has 1 heterocycles. The van der Waals surface area contributed by atoms with Crippen LogP contribution in [0.3, 0.4) is 0 Å². The summed E-state index contributed by atoms with van der Waals surface area (Å²) in [5.74, 6) is -0.520. The van der Waals surface area contributed by atoms with Crippen LogP contribution in [0.1, 0.15) is 12.8 Å². The summed E-state index contributed by atoms with van der Waals surface area (Å²) in [6.07, 6.45) is 2.04. The molecule has 2 rings (SSSR count). The molecule has 1 aromatic rings. The summed E-state index contributed by atoms with van der Waals surface area (Å²) in [5, 5.41) is 23.5. The van der Waals surface area contributed by atoms with E-state index in [1.165, 1.54) is 0 Å². The zero-order chi connectivity index (χ0) is 14.5. The number of benzene rings is 1. The second kappa shape index (κ2) is 6.62. The van der Waals surface area contributed by atoms with Gasteiger partial charge in [-0.05, 0) is 25.5 Å². The van der Waals surface area contributed by atoms with Crippen LogP contribution in [0.25, 0.3) is 0 Å². The molecule has 0 bridgehead atoms. The number of nitro groups is 1. The van der Waals surface area contributed by atoms with Gasteiger partial charge in [-0.25, -0.2) is 4.39 Å². The molecule has 0 aliphatic carbocycles. The van der Waals surface area contributed by atoms with Crippen LogP contribution in [0.5, 0.6) is 0 Å². The van der Waals surface area contributed by atoms with Crippen molar-refractivity contribution in [3.8, 4) is 0 Å². The molecule has 7 heteroatoms. The summed E-state index contributed by atoms with van der Waals surface area (Å²) >= 11 is 0. The van der Waals surface area contributed by atoms with Crippen LogP contribution < -0.4 is 10.2 Å². The van der Waals surface area contributed by atoms with E-state index in [2.05, 4.69) is 5.32 Å². The van der Waals surface area contributed by atoms with E-state index in [1.807, 2.05) is 0 Å². The molecule has 1 fully saturated rings. The first-order chi connectivity index (χ1) is 9.61. The van der Waals surface area contributed by atoms with Gasteiger partial charge in [0.15, 0.2) is 0 Å². The summed E-state index contributed by atoms with van der Waals surface area (Å²) in [6, 6.07) is 3.61. The normalized spacial score (nSPS) is 18.2. The molecule has 0 radical (unpaired) electrons. The number of nitro benzene ring substituents is 1. The molecule has 0 aromatic heterocycles. The maximum absolute atomic E-state index is 13.4. The Labute approximate surface area is 116 Å². The van der Waals surface area contributed by atoms with Crippen LogP contribution in [0.4, 0.5) is 15.8 Å². The molecule has 6 nitrogen and oxygen atoms in total. The molecule has 110 valence electrons. The SMILES string of the molecule is O=[N+]([O-])c1ccc(F)cc1N(CCO)CC1CCCN1. The highest BCUT2D eigenvalue weighted by Crippen LogP contribution is 2.29. The van der Waals surface area contributed by atoms with Crippen molar-refractivity contribution >= 4 is 11.4 Å². The third-order valence-electron chi connectivity index (χ3n) is 3.45. The number of halogens is 1. The third kappa shape index (κ3) is 3.43. The molecule has 2 N–H and O–H groups in total. The molecule has 1 saturated heterocycles. The van der Waals surface area contributed by atoms with Crippen LogP contribution in [0, 0.1) is 15.9 Å². The summed E-state index contributed by atoms with van der Waals surface area (Å²) in [4.78, 5) is 12.2. The molecule has 1 aliphatic heterocycles. The molecule has 0 saturated carbocycles. The predicted octanol–water partition coefficient (Wildman–Crippen LogP) is 1.28. The first-order valence-electron chi connectivity index (χ1n) is 6.65. The average Bonchev–Trinajstić information content (AvgIpc) is 2.90. The smallest absolute Gasteiger partial charge is 0.292 e. The number of aliphatic hydroxyl groups excluding tert-OH is 1. The van der Waals surface area contributed by atoms with Crippen molar-refractivity contribution in [3.63, 3.8) is 0 Å². The van der Waals surface area contributed by atoms with Crippen LogP contribution >= 0.6 is 0 Å². The van der Waals surface area contributed by atoms with Crippen LogP contribution in [0.15, 0.2) is 18.2 Å². The van der Waals surface area contributed by atoms with Gasteiger partial charge in [0.2, 0.25) is 0 Å². The van der Waals surface area contributed by atoms with E-state index in [1.54, 1.807) is 4.90 Å². The first-order valence-corrected chi connectivity index (χ1v) is 6.65. The van der Waals surface area contributed by atoms with Gasteiger partial charge in [-0.1, -0.05) is 0 Å². The third-order valence-corrected chi connectivity index (χ3v) is 3.45. The van der Waals surface area contributed by atoms with Crippen LogP contribution in [0.2, 0.25) is 0 Å². The number of rotatable bonds is 6. The lowest BCUT2D eigenvalue weighted by Crippen LogP contribution is -2.39. The largest absolute Gasteiger partial charge is 0.395 e. The van der Waals surface area contributed by atoms with Gasteiger partial charge >= 0.3 is 0 Å². The summed E-state index contributed by atoms with van der Waals surface area (Å²) in [7, 11) is 0. The molecule has 1 aromatic carbocycles. The van der Waals surface area contributed by atoms with Crippen molar-refractivity contribution in [2.24, 2.45) is 0 Å². The highest BCUT2D eigenvalue weighted by molar-refractivity contribution is 5.63. The summed E-state index contributed by atoms with van der Waals surface area (Å²) in [6.45, 7) is 1.54. The van der Waals surface area contributed by atoms with E-state index < -0.39 is 10.7 Å².